The van der Waals surface area contributed by atoms with Gasteiger partial charge in [0.05, 0.1) is 12.1 Å². The molecule has 2 rings (SSSR count). The van der Waals surface area contributed by atoms with Gasteiger partial charge in [-0.05, 0) is 36.7 Å². The molecule has 13 heavy (non-hydrogen) atoms. The molecular weight excluding hydrogens is 166 g/mol. The third-order valence-electron chi connectivity index (χ3n) is 2.72. The van der Waals surface area contributed by atoms with Crippen LogP contribution in [0.3, 0.4) is 0 Å². The van der Waals surface area contributed by atoms with E-state index in [1.807, 2.05) is 11.7 Å². The van der Waals surface area contributed by atoms with Crippen molar-refractivity contribution in [2.45, 2.75) is 32.4 Å². The van der Waals surface area contributed by atoms with E-state index in [1.165, 1.54) is 6.42 Å². The summed E-state index contributed by atoms with van der Waals surface area (Å²) < 4.78 is 1.95. The maximum Gasteiger partial charge on any atom is 0.168 e. The molecule has 1 N–H and O–H groups in total. The highest BCUT2D eigenvalue weighted by Crippen LogP contribution is 2.42. The summed E-state index contributed by atoms with van der Waals surface area (Å²) in [6, 6.07) is 0.753. The van der Waals surface area contributed by atoms with Crippen LogP contribution in [0.15, 0.2) is 0 Å². The number of nitrogens with zero attached hydrogens (tertiary/aromatic N) is 4. The van der Waals surface area contributed by atoms with Gasteiger partial charge in [0.25, 0.3) is 0 Å². The zero-order valence-electron chi connectivity index (χ0n) is 8.23. The van der Waals surface area contributed by atoms with Crippen LogP contribution in [0.25, 0.3) is 0 Å². The first-order chi connectivity index (χ1) is 6.24. The topological polar surface area (TPSA) is 55.6 Å². The number of tetrazole rings is 1. The number of aromatic nitrogens is 4. The average Bonchev–Trinajstić information content (AvgIpc) is 2.69. The van der Waals surface area contributed by atoms with E-state index in [0.717, 1.165) is 11.7 Å². The molecule has 5 nitrogen and oxygen atoms in total. The molecule has 0 bridgehead atoms. The number of hydrogen-bond donors (Lipinski definition) is 1. The lowest BCUT2D eigenvalue weighted by Crippen LogP contribution is -2.18. The molecule has 0 radical (unpaired) electrons. The minimum atomic E-state index is 0.225. The summed E-state index contributed by atoms with van der Waals surface area (Å²) in [5, 5.41) is 14.9. The Balaban J connectivity index is 2.21. The Labute approximate surface area is 77.5 Å². The third-order valence-corrected chi connectivity index (χ3v) is 2.72. The van der Waals surface area contributed by atoms with Gasteiger partial charge in [0.1, 0.15) is 0 Å². The fourth-order valence-electron chi connectivity index (χ4n) is 1.49. The van der Waals surface area contributed by atoms with Gasteiger partial charge in [-0.2, -0.15) is 0 Å². The molecule has 1 saturated carbocycles. The van der Waals surface area contributed by atoms with Crippen LogP contribution in [0.2, 0.25) is 0 Å². The summed E-state index contributed by atoms with van der Waals surface area (Å²) in [5.41, 5.74) is 0. The maximum absolute atomic E-state index is 4.02. The van der Waals surface area contributed by atoms with E-state index in [4.69, 9.17) is 0 Å². The number of nitrogens with one attached hydrogen (secondary N) is 1. The SMILES string of the molecule is CNC(C)c1nnnn1C1CC1C. The minimum Gasteiger partial charge on any atom is -0.311 e. The molecule has 0 spiro atoms. The van der Waals surface area contributed by atoms with Gasteiger partial charge in [-0.3, -0.25) is 0 Å². The summed E-state index contributed by atoms with van der Waals surface area (Å²) in [6.07, 6.45) is 1.20. The lowest BCUT2D eigenvalue weighted by molar-refractivity contribution is 0.505. The second kappa shape index (κ2) is 3.06. The normalized spacial score (nSPS) is 28.8. The fourth-order valence-corrected chi connectivity index (χ4v) is 1.49. The fraction of sp³-hybridized carbons (Fsp3) is 0.875. The first-order valence-electron chi connectivity index (χ1n) is 4.69. The Kier molecular flexibility index (Phi) is 2.03. The molecule has 3 atom stereocenters. The van der Waals surface area contributed by atoms with Crippen LogP contribution in [0, 0.1) is 5.92 Å². The second-order valence-electron chi connectivity index (χ2n) is 3.77. The highest BCUT2D eigenvalue weighted by molar-refractivity contribution is 4.97. The van der Waals surface area contributed by atoms with Gasteiger partial charge in [0.2, 0.25) is 0 Å². The second-order valence-corrected chi connectivity index (χ2v) is 3.77. The molecule has 0 amide bonds. The molecule has 3 unspecified atom stereocenters. The molecule has 1 heterocycles. The van der Waals surface area contributed by atoms with Gasteiger partial charge >= 0.3 is 0 Å². The highest BCUT2D eigenvalue weighted by atomic mass is 15.6. The molecule has 0 aromatic carbocycles. The number of hydrogen-bond acceptors (Lipinski definition) is 4. The largest absolute Gasteiger partial charge is 0.311 e. The van der Waals surface area contributed by atoms with E-state index in [9.17, 15) is 0 Å². The Morgan fingerprint density at radius 3 is 2.85 bits per heavy atom. The average molecular weight is 181 g/mol. The lowest BCUT2D eigenvalue weighted by Gasteiger charge is -2.09. The van der Waals surface area contributed by atoms with E-state index in [0.29, 0.717) is 6.04 Å². The zero-order valence-corrected chi connectivity index (χ0v) is 8.23. The van der Waals surface area contributed by atoms with Gasteiger partial charge in [-0.15, -0.1) is 5.10 Å². The summed E-state index contributed by atoms with van der Waals surface area (Å²) in [5.74, 6) is 1.67. The molecule has 1 aromatic rings. The van der Waals surface area contributed by atoms with Gasteiger partial charge in [-0.1, -0.05) is 6.92 Å². The molecule has 1 fully saturated rings. The van der Waals surface area contributed by atoms with Crippen molar-refractivity contribution < 1.29 is 0 Å². The van der Waals surface area contributed by atoms with Crippen molar-refractivity contribution in [1.29, 1.82) is 0 Å². The Morgan fingerprint density at radius 1 is 1.62 bits per heavy atom. The summed E-state index contributed by atoms with van der Waals surface area (Å²) in [4.78, 5) is 0. The van der Waals surface area contributed by atoms with E-state index in [2.05, 4.69) is 34.7 Å². The van der Waals surface area contributed by atoms with Crippen LogP contribution in [-0.4, -0.2) is 27.3 Å². The first kappa shape index (κ1) is 8.62. The van der Waals surface area contributed by atoms with Crippen LogP contribution < -0.4 is 5.32 Å². The van der Waals surface area contributed by atoms with Crippen LogP contribution in [-0.2, 0) is 0 Å². The van der Waals surface area contributed by atoms with Crippen molar-refractivity contribution in [1.82, 2.24) is 25.5 Å². The highest BCUT2D eigenvalue weighted by Gasteiger charge is 2.37. The molecule has 5 heteroatoms. The molecule has 72 valence electrons. The van der Waals surface area contributed by atoms with Crippen LogP contribution >= 0.6 is 0 Å². The Hall–Kier alpha value is -0.970. The maximum atomic E-state index is 4.02. The number of rotatable bonds is 3. The van der Waals surface area contributed by atoms with Crippen LogP contribution in [0.1, 0.15) is 38.2 Å². The predicted octanol–water partition coefficient (Wildman–Crippen LogP) is 0.534. The smallest absolute Gasteiger partial charge is 0.168 e. The summed E-state index contributed by atoms with van der Waals surface area (Å²) in [6.45, 7) is 4.29. The van der Waals surface area contributed by atoms with Crippen molar-refractivity contribution in [3.8, 4) is 0 Å². The minimum absolute atomic E-state index is 0.225. The van der Waals surface area contributed by atoms with Gasteiger partial charge < -0.3 is 5.32 Å². The first-order valence-corrected chi connectivity index (χ1v) is 4.69. The van der Waals surface area contributed by atoms with E-state index < -0.39 is 0 Å². The van der Waals surface area contributed by atoms with Crippen molar-refractivity contribution in [2.75, 3.05) is 7.05 Å². The Bertz CT molecular complexity index is 276. The van der Waals surface area contributed by atoms with Crippen LogP contribution in [0.4, 0.5) is 0 Å². The van der Waals surface area contributed by atoms with Crippen molar-refractivity contribution in [3.05, 3.63) is 5.82 Å². The van der Waals surface area contributed by atoms with E-state index in [1.54, 1.807) is 0 Å². The van der Waals surface area contributed by atoms with Gasteiger partial charge in [-0.25, -0.2) is 4.68 Å². The van der Waals surface area contributed by atoms with Crippen molar-refractivity contribution in [3.63, 3.8) is 0 Å². The monoisotopic (exact) mass is 181 g/mol. The molecular formula is C8H15N5. The van der Waals surface area contributed by atoms with Crippen LogP contribution in [0.5, 0.6) is 0 Å². The van der Waals surface area contributed by atoms with E-state index in [-0.39, 0.29) is 6.04 Å². The molecule has 1 aliphatic rings. The van der Waals surface area contributed by atoms with Crippen molar-refractivity contribution >= 4 is 0 Å². The van der Waals surface area contributed by atoms with E-state index >= 15 is 0 Å². The third kappa shape index (κ3) is 1.44. The lowest BCUT2D eigenvalue weighted by atomic mass is 10.3. The molecule has 0 saturated heterocycles. The summed E-state index contributed by atoms with van der Waals surface area (Å²) in [7, 11) is 1.92. The quantitative estimate of drug-likeness (QED) is 0.739. The standard InChI is InChI=1S/C8H15N5/c1-5-4-7(5)13-8(6(2)9-3)10-11-12-13/h5-7,9H,4H2,1-3H3. The van der Waals surface area contributed by atoms with Crippen molar-refractivity contribution in [2.24, 2.45) is 5.92 Å². The molecule has 1 aromatic heterocycles. The van der Waals surface area contributed by atoms with Gasteiger partial charge in [0, 0.05) is 0 Å². The molecule has 1 aliphatic carbocycles. The Morgan fingerprint density at radius 2 is 2.31 bits per heavy atom. The summed E-state index contributed by atoms with van der Waals surface area (Å²) >= 11 is 0. The molecule has 0 aliphatic heterocycles. The zero-order chi connectivity index (χ0) is 9.42. The predicted molar refractivity (Wildman–Crippen MR) is 48.1 cm³/mol. The van der Waals surface area contributed by atoms with Gasteiger partial charge in [0.15, 0.2) is 5.82 Å².